The number of nitrogens with two attached hydrogens (primary N) is 1. The summed E-state index contributed by atoms with van der Waals surface area (Å²) in [6.07, 6.45) is 3.60. The molecule has 1 fully saturated rings. The summed E-state index contributed by atoms with van der Waals surface area (Å²) < 4.78 is 0. The summed E-state index contributed by atoms with van der Waals surface area (Å²) in [5.74, 6) is 0.681. The maximum atomic E-state index is 6.20. The fourth-order valence-electron chi connectivity index (χ4n) is 2.58. The van der Waals surface area contributed by atoms with Gasteiger partial charge in [0.15, 0.2) is 0 Å². The zero-order chi connectivity index (χ0) is 11.4. The van der Waals surface area contributed by atoms with E-state index in [-0.39, 0.29) is 0 Å². The zero-order valence-corrected chi connectivity index (χ0v) is 10.1. The molecule has 0 spiro atoms. The molecule has 2 rings (SSSR count). The Morgan fingerprint density at radius 2 is 2.12 bits per heavy atom. The molecule has 2 N–H and O–H groups in total. The van der Waals surface area contributed by atoms with Crippen molar-refractivity contribution in [2.24, 2.45) is 11.7 Å². The van der Waals surface area contributed by atoms with Crippen molar-refractivity contribution in [3.8, 4) is 0 Å². The number of nitrogens with zero attached hydrogens (tertiary/aromatic N) is 1. The molecule has 1 aromatic carbocycles. The maximum absolute atomic E-state index is 6.20. The first-order chi connectivity index (χ1) is 7.81. The standard InChI is InChI=1S/C14H22N2/c1-2-6-14(15)12-9-10-16(11-12)13-7-4-3-5-8-13/h3-5,7-8,12,14H,2,6,9-11,15H2,1H3. The predicted octanol–water partition coefficient (Wildman–Crippen LogP) is 2.64. The predicted molar refractivity (Wildman–Crippen MR) is 69.6 cm³/mol. The second-order valence-electron chi connectivity index (χ2n) is 4.78. The minimum atomic E-state index is 0.388. The van der Waals surface area contributed by atoms with Crippen LogP contribution in [0.3, 0.4) is 0 Å². The summed E-state index contributed by atoms with van der Waals surface area (Å²) in [5, 5.41) is 0. The summed E-state index contributed by atoms with van der Waals surface area (Å²) in [4.78, 5) is 2.46. The highest BCUT2D eigenvalue weighted by molar-refractivity contribution is 5.46. The molecule has 0 aliphatic carbocycles. The van der Waals surface area contributed by atoms with Crippen molar-refractivity contribution >= 4 is 5.69 Å². The van der Waals surface area contributed by atoms with Crippen molar-refractivity contribution in [1.82, 2.24) is 0 Å². The van der Waals surface area contributed by atoms with Crippen molar-refractivity contribution in [3.63, 3.8) is 0 Å². The van der Waals surface area contributed by atoms with Crippen LogP contribution in [0.5, 0.6) is 0 Å². The summed E-state index contributed by atoms with van der Waals surface area (Å²) in [7, 11) is 0. The number of benzene rings is 1. The van der Waals surface area contributed by atoms with Gasteiger partial charge < -0.3 is 10.6 Å². The van der Waals surface area contributed by atoms with Gasteiger partial charge in [-0.3, -0.25) is 0 Å². The Kier molecular flexibility index (Phi) is 3.83. The third-order valence-electron chi connectivity index (χ3n) is 3.57. The Morgan fingerprint density at radius 3 is 2.81 bits per heavy atom. The van der Waals surface area contributed by atoms with Gasteiger partial charge in [-0.15, -0.1) is 0 Å². The van der Waals surface area contributed by atoms with E-state index in [1.165, 1.54) is 18.5 Å². The van der Waals surface area contributed by atoms with Gasteiger partial charge in [0.2, 0.25) is 0 Å². The van der Waals surface area contributed by atoms with Crippen molar-refractivity contribution in [1.29, 1.82) is 0 Å². The zero-order valence-electron chi connectivity index (χ0n) is 10.1. The average Bonchev–Trinajstić information content (AvgIpc) is 2.80. The van der Waals surface area contributed by atoms with Crippen LogP contribution < -0.4 is 10.6 Å². The number of hydrogen-bond acceptors (Lipinski definition) is 2. The van der Waals surface area contributed by atoms with Crippen molar-refractivity contribution in [2.75, 3.05) is 18.0 Å². The van der Waals surface area contributed by atoms with Gasteiger partial charge in [0.1, 0.15) is 0 Å². The summed E-state index contributed by atoms with van der Waals surface area (Å²) >= 11 is 0. The van der Waals surface area contributed by atoms with E-state index in [4.69, 9.17) is 5.73 Å². The number of rotatable bonds is 4. The molecular weight excluding hydrogens is 196 g/mol. The molecule has 2 heteroatoms. The Bertz CT molecular complexity index is 310. The maximum Gasteiger partial charge on any atom is 0.0366 e. The highest BCUT2D eigenvalue weighted by Crippen LogP contribution is 2.26. The van der Waals surface area contributed by atoms with Crippen LogP contribution in [0.2, 0.25) is 0 Å². The molecule has 0 radical (unpaired) electrons. The molecule has 1 aliphatic heterocycles. The van der Waals surface area contributed by atoms with E-state index in [2.05, 4.69) is 42.2 Å². The van der Waals surface area contributed by atoms with Crippen LogP contribution in [0.1, 0.15) is 26.2 Å². The van der Waals surface area contributed by atoms with Gasteiger partial charge in [-0.1, -0.05) is 31.5 Å². The molecule has 1 aliphatic rings. The minimum absolute atomic E-state index is 0.388. The Hall–Kier alpha value is -1.02. The Labute approximate surface area is 98.4 Å². The summed E-state index contributed by atoms with van der Waals surface area (Å²) in [6, 6.07) is 11.0. The van der Waals surface area contributed by atoms with Gasteiger partial charge in [0.25, 0.3) is 0 Å². The SMILES string of the molecule is CCCC(N)C1CCN(c2ccccc2)C1. The van der Waals surface area contributed by atoms with E-state index in [0.717, 1.165) is 19.5 Å². The molecule has 88 valence electrons. The van der Waals surface area contributed by atoms with E-state index >= 15 is 0 Å². The minimum Gasteiger partial charge on any atom is -0.371 e. The third-order valence-corrected chi connectivity index (χ3v) is 3.57. The highest BCUT2D eigenvalue weighted by atomic mass is 15.2. The molecule has 0 bridgehead atoms. The lowest BCUT2D eigenvalue weighted by Gasteiger charge is -2.21. The van der Waals surface area contributed by atoms with Crippen molar-refractivity contribution in [3.05, 3.63) is 30.3 Å². The smallest absolute Gasteiger partial charge is 0.0366 e. The quantitative estimate of drug-likeness (QED) is 0.842. The topological polar surface area (TPSA) is 29.3 Å². The Balaban J connectivity index is 1.93. The molecule has 2 nitrogen and oxygen atoms in total. The van der Waals surface area contributed by atoms with Crippen molar-refractivity contribution < 1.29 is 0 Å². The van der Waals surface area contributed by atoms with Gasteiger partial charge in [0, 0.05) is 24.8 Å². The lowest BCUT2D eigenvalue weighted by atomic mass is 9.96. The molecule has 2 unspecified atom stereocenters. The molecule has 1 saturated heterocycles. The fraction of sp³-hybridized carbons (Fsp3) is 0.571. The first-order valence-electron chi connectivity index (χ1n) is 6.37. The van der Waals surface area contributed by atoms with E-state index in [9.17, 15) is 0 Å². The summed E-state index contributed by atoms with van der Waals surface area (Å²) in [6.45, 7) is 4.50. The first kappa shape index (κ1) is 11.5. The fourth-order valence-corrected chi connectivity index (χ4v) is 2.58. The first-order valence-corrected chi connectivity index (χ1v) is 6.37. The number of hydrogen-bond donors (Lipinski definition) is 1. The molecule has 0 saturated carbocycles. The molecular formula is C14H22N2. The molecule has 1 heterocycles. The second kappa shape index (κ2) is 5.35. The number of para-hydroxylation sites is 1. The molecule has 16 heavy (non-hydrogen) atoms. The van der Waals surface area contributed by atoms with Crippen LogP contribution in [0.25, 0.3) is 0 Å². The largest absolute Gasteiger partial charge is 0.371 e. The van der Waals surface area contributed by atoms with Gasteiger partial charge in [-0.05, 0) is 30.9 Å². The average molecular weight is 218 g/mol. The highest BCUT2D eigenvalue weighted by Gasteiger charge is 2.26. The van der Waals surface area contributed by atoms with Crippen LogP contribution in [-0.4, -0.2) is 19.1 Å². The van der Waals surface area contributed by atoms with Crippen LogP contribution in [0.15, 0.2) is 30.3 Å². The van der Waals surface area contributed by atoms with Crippen LogP contribution >= 0.6 is 0 Å². The van der Waals surface area contributed by atoms with Crippen LogP contribution in [0.4, 0.5) is 5.69 Å². The van der Waals surface area contributed by atoms with Gasteiger partial charge in [-0.25, -0.2) is 0 Å². The number of anilines is 1. The van der Waals surface area contributed by atoms with E-state index in [1.54, 1.807) is 0 Å². The van der Waals surface area contributed by atoms with Gasteiger partial charge >= 0.3 is 0 Å². The van der Waals surface area contributed by atoms with E-state index in [0.29, 0.717) is 12.0 Å². The second-order valence-corrected chi connectivity index (χ2v) is 4.78. The monoisotopic (exact) mass is 218 g/mol. The molecule has 1 aromatic rings. The molecule has 2 atom stereocenters. The molecule has 0 aromatic heterocycles. The molecule has 0 amide bonds. The third kappa shape index (κ3) is 2.56. The van der Waals surface area contributed by atoms with Gasteiger partial charge in [0.05, 0.1) is 0 Å². The lowest BCUT2D eigenvalue weighted by Crippen LogP contribution is -2.32. The van der Waals surface area contributed by atoms with Gasteiger partial charge in [-0.2, -0.15) is 0 Å². The van der Waals surface area contributed by atoms with Crippen LogP contribution in [-0.2, 0) is 0 Å². The van der Waals surface area contributed by atoms with Crippen LogP contribution in [0, 0.1) is 5.92 Å². The summed E-state index contributed by atoms with van der Waals surface area (Å²) in [5.41, 5.74) is 7.54. The van der Waals surface area contributed by atoms with E-state index < -0.39 is 0 Å². The Morgan fingerprint density at radius 1 is 1.38 bits per heavy atom. The van der Waals surface area contributed by atoms with E-state index in [1.807, 2.05) is 0 Å². The lowest BCUT2D eigenvalue weighted by molar-refractivity contribution is 0.430. The van der Waals surface area contributed by atoms with Crippen molar-refractivity contribution in [2.45, 2.75) is 32.2 Å². The normalized spacial score (nSPS) is 22.4.